The van der Waals surface area contributed by atoms with E-state index in [4.69, 9.17) is 5.73 Å². The molecular formula is C11H17BrN2O. The summed E-state index contributed by atoms with van der Waals surface area (Å²) in [5, 5.41) is 9.67. The molecule has 0 aliphatic rings. The van der Waals surface area contributed by atoms with Crippen molar-refractivity contribution >= 4 is 15.9 Å². The maximum absolute atomic E-state index is 9.67. The molecule has 4 heteroatoms. The number of hydrogen-bond acceptors (Lipinski definition) is 3. The molecule has 84 valence electrons. The molecule has 2 unspecified atom stereocenters. The van der Waals surface area contributed by atoms with Gasteiger partial charge in [0.1, 0.15) is 0 Å². The van der Waals surface area contributed by atoms with Gasteiger partial charge < -0.3 is 10.8 Å². The molecule has 0 fully saturated rings. The predicted octanol–water partition coefficient (Wildman–Crippen LogP) is 1.73. The lowest BCUT2D eigenvalue weighted by Gasteiger charge is -2.30. The van der Waals surface area contributed by atoms with Gasteiger partial charge in [0, 0.05) is 28.3 Å². The third-order valence-corrected chi connectivity index (χ3v) is 3.32. The maximum atomic E-state index is 9.67. The normalized spacial score (nSPS) is 17.1. The number of nitrogens with two attached hydrogens (primary N) is 1. The molecule has 1 aromatic rings. The summed E-state index contributed by atoms with van der Waals surface area (Å²) in [5.41, 5.74) is 6.33. The quantitative estimate of drug-likeness (QED) is 0.878. The summed E-state index contributed by atoms with van der Waals surface area (Å²) >= 11 is 3.33. The smallest absolute Gasteiger partial charge is 0.0581 e. The maximum Gasteiger partial charge on any atom is 0.0581 e. The highest BCUT2D eigenvalue weighted by molar-refractivity contribution is 9.10. The van der Waals surface area contributed by atoms with Gasteiger partial charge in [0.2, 0.25) is 0 Å². The fraction of sp³-hybridized carbons (Fsp3) is 0.545. The van der Waals surface area contributed by atoms with Crippen LogP contribution in [0.3, 0.4) is 0 Å². The number of pyridine rings is 1. The molecule has 0 aliphatic carbocycles. The van der Waals surface area contributed by atoms with E-state index < -0.39 is 6.10 Å². The van der Waals surface area contributed by atoms with Gasteiger partial charge in [-0.05, 0) is 41.4 Å². The molecule has 1 rings (SSSR count). The third-order valence-electron chi connectivity index (χ3n) is 2.85. The van der Waals surface area contributed by atoms with Gasteiger partial charge in [-0.25, -0.2) is 0 Å². The number of halogens is 1. The standard InChI is InChI=1S/C11H17BrN2O/c1-8(15)11(2,7-13)5-10-4-3-9(12)6-14-10/h3-4,6,8,15H,5,7,13H2,1-2H3. The Hall–Kier alpha value is -0.450. The van der Waals surface area contributed by atoms with Crippen molar-refractivity contribution in [3.05, 3.63) is 28.5 Å². The Morgan fingerprint density at radius 1 is 1.60 bits per heavy atom. The van der Waals surface area contributed by atoms with Crippen LogP contribution in [0.5, 0.6) is 0 Å². The fourth-order valence-corrected chi connectivity index (χ4v) is 1.55. The van der Waals surface area contributed by atoms with Crippen LogP contribution < -0.4 is 5.73 Å². The van der Waals surface area contributed by atoms with Crippen molar-refractivity contribution in [2.75, 3.05) is 6.54 Å². The van der Waals surface area contributed by atoms with E-state index in [1.807, 2.05) is 19.1 Å². The minimum absolute atomic E-state index is 0.305. The Kier molecular flexibility index (Phi) is 4.25. The van der Waals surface area contributed by atoms with Gasteiger partial charge in [-0.3, -0.25) is 4.98 Å². The fourth-order valence-electron chi connectivity index (χ4n) is 1.32. The molecule has 15 heavy (non-hydrogen) atoms. The van der Waals surface area contributed by atoms with Gasteiger partial charge in [-0.15, -0.1) is 0 Å². The summed E-state index contributed by atoms with van der Waals surface area (Å²) in [6.07, 6.45) is 2.01. The van der Waals surface area contributed by atoms with Crippen LogP contribution in [0.15, 0.2) is 22.8 Å². The number of hydrogen-bond donors (Lipinski definition) is 2. The first-order valence-electron chi connectivity index (χ1n) is 4.96. The Bertz CT molecular complexity index is 313. The molecule has 0 saturated carbocycles. The second kappa shape index (κ2) is 5.05. The average molecular weight is 273 g/mol. The topological polar surface area (TPSA) is 59.1 Å². The first-order valence-corrected chi connectivity index (χ1v) is 5.76. The molecular weight excluding hydrogens is 256 g/mol. The largest absolute Gasteiger partial charge is 0.393 e. The Morgan fingerprint density at radius 2 is 2.27 bits per heavy atom. The van der Waals surface area contributed by atoms with E-state index in [0.29, 0.717) is 13.0 Å². The summed E-state index contributed by atoms with van der Waals surface area (Å²) in [5.74, 6) is 0. The monoisotopic (exact) mass is 272 g/mol. The zero-order chi connectivity index (χ0) is 11.5. The van der Waals surface area contributed by atoms with Crippen molar-refractivity contribution in [3.8, 4) is 0 Å². The SMILES string of the molecule is CC(O)C(C)(CN)Cc1ccc(Br)cn1. The molecule has 0 amide bonds. The van der Waals surface area contributed by atoms with Gasteiger partial charge in [0.15, 0.2) is 0 Å². The van der Waals surface area contributed by atoms with Crippen molar-refractivity contribution in [3.63, 3.8) is 0 Å². The molecule has 0 saturated heterocycles. The first-order chi connectivity index (χ1) is 6.98. The van der Waals surface area contributed by atoms with Gasteiger partial charge in [-0.1, -0.05) is 6.92 Å². The summed E-state index contributed by atoms with van der Waals surface area (Å²) < 4.78 is 0.956. The number of nitrogens with zero attached hydrogens (tertiary/aromatic N) is 1. The van der Waals surface area contributed by atoms with Crippen molar-refractivity contribution in [2.45, 2.75) is 26.4 Å². The van der Waals surface area contributed by atoms with Crippen LogP contribution in [0, 0.1) is 5.41 Å². The second-order valence-corrected chi connectivity index (χ2v) is 5.09. The lowest BCUT2D eigenvalue weighted by atomic mass is 9.80. The number of rotatable bonds is 4. The van der Waals surface area contributed by atoms with Crippen LogP contribution in [0.1, 0.15) is 19.5 Å². The summed E-state index contributed by atoms with van der Waals surface area (Å²) in [6, 6.07) is 3.89. The van der Waals surface area contributed by atoms with Crippen LogP contribution in [0.4, 0.5) is 0 Å². The van der Waals surface area contributed by atoms with E-state index in [-0.39, 0.29) is 5.41 Å². The first kappa shape index (κ1) is 12.6. The van der Waals surface area contributed by atoms with Crippen molar-refractivity contribution in [1.29, 1.82) is 0 Å². The second-order valence-electron chi connectivity index (χ2n) is 4.18. The molecule has 0 bridgehead atoms. The van der Waals surface area contributed by atoms with E-state index in [9.17, 15) is 5.11 Å². The zero-order valence-corrected chi connectivity index (χ0v) is 10.7. The van der Waals surface area contributed by atoms with E-state index >= 15 is 0 Å². The van der Waals surface area contributed by atoms with E-state index in [1.54, 1.807) is 13.1 Å². The molecule has 3 nitrogen and oxygen atoms in total. The molecule has 2 atom stereocenters. The van der Waals surface area contributed by atoms with E-state index in [0.717, 1.165) is 10.2 Å². The third kappa shape index (κ3) is 3.26. The molecule has 1 aromatic heterocycles. The lowest BCUT2D eigenvalue weighted by molar-refractivity contribution is 0.0581. The molecule has 0 aromatic carbocycles. The highest BCUT2D eigenvalue weighted by Gasteiger charge is 2.29. The Labute approximate surface area is 98.8 Å². The number of aliphatic hydroxyl groups is 1. The molecule has 1 heterocycles. The minimum Gasteiger partial charge on any atom is -0.393 e. The average Bonchev–Trinajstić information content (AvgIpc) is 2.21. The van der Waals surface area contributed by atoms with Crippen LogP contribution in [-0.2, 0) is 6.42 Å². The van der Waals surface area contributed by atoms with Crippen LogP contribution in [0.25, 0.3) is 0 Å². The molecule has 0 radical (unpaired) electrons. The van der Waals surface area contributed by atoms with Crippen molar-refractivity contribution in [1.82, 2.24) is 4.98 Å². The van der Waals surface area contributed by atoms with E-state index in [1.165, 1.54) is 0 Å². The highest BCUT2D eigenvalue weighted by Crippen LogP contribution is 2.25. The van der Waals surface area contributed by atoms with Gasteiger partial charge in [0.25, 0.3) is 0 Å². The minimum atomic E-state index is -0.437. The van der Waals surface area contributed by atoms with Gasteiger partial charge in [0.05, 0.1) is 6.10 Å². The number of aromatic nitrogens is 1. The van der Waals surface area contributed by atoms with Crippen LogP contribution >= 0.6 is 15.9 Å². The van der Waals surface area contributed by atoms with Crippen LogP contribution in [-0.4, -0.2) is 22.7 Å². The Morgan fingerprint density at radius 3 is 2.67 bits per heavy atom. The molecule has 0 spiro atoms. The van der Waals surface area contributed by atoms with Crippen molar-refractivity contribution < 1.29 is 5.11 Å². The Balaban J connectivity index is 2.79. The van der Waals surface area contributed by atoms with E-state index in [2.05, 4.69) is 20.9 Å². The highest BCUT2D eigenvalue weighted by atomic mass is 79.9. The lowest BCUT2D eigenvalue weighted by Crippen LogP contribution is -2.39. The van der Waals surface area contributed by atoms with Gasteiger partial charge in [-0.2, -0.15) is 0 Å². The zero-order valence-electron chi connectivity index (χ0n) is 9.07. The number of aliphatic hydroxyl groups excluding tert-OH is 1. The molecule has 3 N–H and O–H groups in total. The van der Waals surface area contributed by atoms with Crippen LogP contribution in [0.2, 0.25) is 0 Å². The summed E-state index contributed by atoms with van der Waals surface area (Å²) in [6.45, 7) is 4.19. The van der Waals surface area contributed by atoms with Gasteiger partial charge >= 0.3 is 0 Å². The summed E-state index contributed by atoms with van der Waals surface area (Å²) in [4.78, 5) is 4.28. The van der Waals surface area contributed by atoms with Crippen molar-refractivity contribution in [2.24, 2.45) is 11.1 Å². The summed E-state index contributed by atoms with van der Waals surface area (Å²) in [7, 11) is 0. The predicted molar refractivity (Wildman–Crippen MR) is 64.5 cm³/mol. The molecule has 0 aliphatic heterocycles.